The number of ketones is 1. The molecule has 6 rings (SSSR count). The number of nitrogens with zero attached hydrogens (tertiary/aromatic N) is 1. The van der Waals surface area contributed by atoms with Crippen molar-refractivity contribution >= 4 is 17.5 Å². The molecule has 1 aliphatic heterocycles. The highest BCUT2D eigenvalue weighted by Crippen LogP contribution is 2.73. The van der Waals surface area contributed by atoms with Crippen molar-refractivity contribution in [2.45, 2.75) is 83.0 Å². The molecular formula is C28H35NO5. The van der Waals surface area contributed by atoms with Crippen LogP contribution in [0.2, 0.25) is 0 Å². The molecule has 182 valence electrons. The van der Waals surface area contributed by atoms with Gasteiger partial charge in [-0.05, 0) is 79.8 Å². The Morgan fingerprint density at radius 2 is 2.00 bits per heavy atom. The van der Waals surface area contributed by atoms with Crippen molar-refractivity contribution in [1.82, 2.24) is 0 Å². The van der Waals surface area contributed by atoms with Crippen LogP contribution in [0.1, 0.15) is 70.8 Å². The number of carbonyl (C=O) groups excluding carboxylic acids is 1. The number of hydrogen-bond donors (Lipinski definition) is 1. The Hall–Kier alpha value is -2.05. The molecule has 6 heteroatoms. The minimum Gasteiger partial charge on any atom is -0.393 e. The number of epoxide rings is 1. The zero-order valence-electron chi connectivity index (χ0n) is 20.1. The zero-order valence-corrected chi connectivity index (χ0v) is 20.1. The Bertz CT molecular complexity index is 1070. The number of nitro benzene ring substituents is 1. The highest BCUT2D eigenvalue weighted by Gasteiger charge is 2.76. The summed E-state index contributed by atoms with van der Waals surface area (Å²) in [7, 11) is 0. The number of carbonyl (C=O) groups is 1. The molecule has 5 aliphatic rings. The van der Waals surface area contributed by atoms with Crippen LogP contribution in [0.25, 0.3) is 6.08 Å². The lowest BCUT2D eigenvalue weighted by atomic mass is 9.44. The maximum Gasteiger partial charge on any atom is 0.270 e. The quantitative estimate of drug-likeness (QED) is 0.281. The van der Waals surface area contributed by atoms with E-state index in [4.69, 9.17) is 4.74 Å². The summed E-state index contributed by atoms with van der Waals surface area (Å²) in [5.41, 5.74) is 0.776. The second-order valence-electron chi connectivity index (χ2n) is 12.2. The lowest BCUT2D eigenvalue weighted by Gasteiger charge is -2.59. The largest absolute Gasteiger partial charge is 0.393 e. The van der Waals surface area contributed by atoms with Gasteiger partial charge in [0.2, 0.25) is 0 Å². The van der Waals surface area contributed by atoms with E-state index in [1.807, 2.05) is 0 Å². The molecule has 0 radical (unpaired) electrons. The molecule has 0 aromatic heterocycles. The van der Waals surface area contributed by atoms with Crippen LogP contribution in [0, 0.1) is 44.6 Å². The lowest BCUT2D eigenvalue weighted by molar-refractivity contribution is -0.384. The number of allylic oxidation sites excluding steroid dienone is 1. The van der Waals surface area contributed by atoms with Crippen LogP contribution >= 0.6 is 0 Å². The number of non-ortho nitro benzene ring substituents is 1. The minimum atomic E-state index is -0.407. The second-order valence-corrected chi connectivity index (χ2v) is 12.2. The second kappa shape index (κ2) is 7.47. The average molecular weight is 466 g/mol. The fourth-order valence-electron chi connectivity index (χ4n) is 9.16. The molecule has 1 aromatic carbocycles. The van der Waals surface area contributed by atoms with Gasteiger partial charge >= 0.3 is 0 Å². The van der Waals surface area contributed by atoms with E-state index in [0.717, 1.165) is 51.4 Å². The highest BCUT2D eigenvalue weighted by atomic mass is 16.6. The predicted octanol–water partition coefficient (Wildman–Crippen LogP) is 5.33. The van der Waals surface area contributed by atoms with Gasteiger partial charge in [-0.3, -0.25) is 14.9 Å². The van der Waals surface area contributed by atoms with Crippen molar-refractivity contribution in [2.24, 2.45) is 34.5 Å². The van der Waals surface area contributed by atoms with Gasteiger partial charge in [0.05, 0.1) is 17.1 Å². The molecule has 9 atom stereocenters. The molecule has 1 heterocycles. The van der Waals surface area contributed by atoms with Crippen LogP contribution < -0.4 is 0 Å². The van der Waals surface area contributed by atoms with Crippen molar-refractivity contribution in [2.75, 3.05) is 0 Å². The van der Waals surface area contributed by atoms with Gasteiger partial charge in [-0.25, -0.2) is 0 Å². The summed E-state index contributed by atoms with van der Waals surface area (Å²) in [6.45, 7) is 4.77. The van der Waals surface area contributed by atoms with Crippen molar-refractivity contribution in [3.8, 4) is 0 Å². The van der Waals surface area contributed by atoms with Crippen molar-refractivity contribution in [3.63, 3.8) is 0 Å². The van der Waals surface area contributed by atoms with Crippen LogP contribution in [0.4, 0.5) is 5.69 Å². The maximum atomic E-state index is 13.4. The summed E-state index contributed by atoms with van der Waals surface area (Å²) in [4.78, 5) is 24.0. The number of rotatable bonds is 4. The average Bonchev–Trinajstić information content (AvgIpc) is 3.38. The molecule has 1 aromatic rings. The third kappa shape index (κ3) is 3.03. The smallest absolute Gasteiger partial charge is 0.270 e. The number of benzene rings is 1. The normalized spacial score (nSPS) is 46.8. The van der Waals surface area contributed by atoms with E-state index in [0.29, 0.717) is 23.3 Å². The van der Waals surface area contributed by atoms with E-state index in [1.165, 1.54) is 12.1 Å². The lowest BCUT2D eigenvalue weighted by Crippen LogP contribution is -2.58. The van der Waals surface area contributed by atoms with Crippen LogP contribution in [0.3, 0.4) is 0 Å². The molecule has 0 bridgehead atoms. The molecule has 1 N–H and O–H groups in total. The molecule has 4 saturated carbocycles. The summed E-state index contributed by atoms with van der Waals surface area (Å²) in [6.07, 6.45) is 11.5. The summed E-state index contributed by atoms with van der Waals surface area (Å²) < 4.78 is 6.42. The first-order valence-corrected chi connectivity index (χ1v) is 13.0. The maximum absolute atomic E-state index is 13.4. The van der Waals surface area contributed by atoms with Crippen molar-refractivity contribution in [3.05, 3.63) is 46.0 Å². The molecule has 1 spiro atoms. The fraction of sp³-hybridized carbons (Fsp3) is 0.679. The number of aliphatic hydroxyl groups excluding tert-OH is 1. The Kier molecular flexibility index (Phi) is 4.93. The Morgan fingerprint density at radius 3 is 2.79 bits per heavy atom. The molecule has 0 amide bonds. The SMILES string of the molecule is C[C@]12CC[C@H]3[C@@H](C[C@@H]4O[C@@]45C[C@@H](O)CC[C@]35C)[C@@H]1CC[C@@H]2C(=O)/C=C/c1cccc([N+](=O)[O-])c1. The summed E-state index contributed by atoms with van der Waals surface area (Å²) in [5.74, 6) is 1.93. The van der Waals surface area contributed by atoms with Gasteiger partial charge in [0, 0.05) is 29.9 Å². The molecular weight excluding hydrogens is 430 g/mol. The van der Waals surface area contributed by atoms with Gasteiger partial charge in [-0.1, -0.05) is 32.1 Å². The summed E-state index contributed by atoms with van der Waals surface area (Å²) in [5, 5.41) is 21.4. The van der Waals surface area contributed by atoms with Crippen LogP contribution in [0.5, 0.6) is 0 Å². The van der Waals surface area contributed by atoms with Gasteiger partial charge in [0.1, 0.15) is 5.60 Å². The minimum absolute atomic E-state index is 0.00467. The predicted molar refractivity (Wildman–Crippen MR) is 128 cm³/mol. The van der Waals surface area contributed by atoms with Crippen molar-refractivity contribution in [1.29, 1.82) is 0 Å². The van der Waals surface area contributed by atoms with E-state index >= 15 is 0 Å². The Morgan fingerprint density at radius 1 is 1.18 bits per heavy atom. The van der Waals surface area contributed by atoms with E-state index in [2.05, 4.69) is 13.8 Å². The third-order valence-electron chi connectivity index (χ3n) is 10.9. The van der Waals surface area contributed by atoms with E-state index in [-0.39, 0.29) is 46.0 Å². The molecule has 5 fully saturated rings. The summed E-state index contributed by atoms with van der Waals surface area (Å²) in [6, 6.07) is 6.44. The van der Waals surface area contributed by atoms with Gasteiger partial charge in [0.25, 0.3) is 5.69 Å². The van der Waals surface area contributed by atoms with Crippen molar-refractivity contribution < 1.29 is 19.6 Å². The first-order chi connectivity index (χ1) is 16.2. The number of nitro groups is 1. The molecule has 1 saturated heterocycles. The number of fused-ring (bicyclic) bond motifs is 4. The third-order valence-corrected chi connectivity index (χ3v) is 10.9. The molecule has 34 heavy (non-hydrogen) atoms. The number of hydrogen-bond acceptors (Lipinski definition) is 5. The first kappa shape index (κ1) is 22.4. The standard InChI is InChI=1S/C28H35NO5/c1-26-12-11-22-20(15-25-28(34-25)16-19(30)10-13-27(22,28)2)21(26)7-8-23(26)24(31)9-6-17-4-3-5-18(14-17)29(32)33/h3-6,9,14,19-23,25,30H,7-8,10-13,15-16H2,1-2H3/b9-6+/t19-,20-,21-,22-,23+,25-,26-,27+,28-/m0/s1. The van der Waals surface area contributed by atoms with E-state index < -0.39 is 4.92 Å². The van der Waals surface area contributed by atoms with Crippen LogP contribution in [-0.2, 0) is 9.53 Å². The number of ether oxygens (including phenoxy) is 1. The van der Waals surface area contributed by atoms with Gasteiger partial charge < -0.3 is 9.84 Å². The van der Waals surface area contributed by atoms with Crippen LogP contribution in [-0.4, -0.2) is 33.6 Å². The molecule has 6 nitrogen and oxygen atoms in total. The Labute approximate surface area is 200 Å². The van der Waals surface area contributed by atoms with Gasteiger partial charge in [0.15, 0.2) is 5.78 Å². The highest BCUT2D eigenvalue weighted by molar-refractivity contribution is 5.96. The number of aliphatic hydroxyl groups is 1. The van der Waals surface area contributed by atoms with E-state index in [1.54, 1.807) is 24.3 Å². The fourth-order valence-corrected chi connectivity index (χ4v) is 9.16. The van der Waals surface area contributed by atoms with Crippen LogP contribution in [0.15, 0.2) is 30.3 Å². The van der Waals surface area contributed by atoms with Gasteiger partial charge in [-0.15, -0.1) is 0 Å². The molecule has 4 aliphatic carbocycles. The topological polar surface area (TPSA) is 93.0 Å². The monoisotopic (exact) mass is 465 g/mol. The summed E-state index contributed by atoms with van der Waals surface area (Å²) >= 11 is 0. The van der Waals surface area contributed by atoms with Gasteiger partial charge in [-0.2, -0.15) is 0 Å². The molecule has 0 unspecified atom stereocenters. The zero-order chi connectivity index (χ0) is 23.9. The van der Waals surface area contributed by atoms with E-state index in [9.17, 15) is 20.0 Å². The first-order valence-electron chi connectivity index (χ1n) is 13.0. The Balaban J connectivity index is 1.21.